The van der Waals surface area contributed by atoms with Crippen LogP contribution < -0.4 is 14.2 Å². The van der Waals surface area contributed by atoms with E-state index in [0.717, 1.165) is 40.5 Å². The third-order valence-electron chi connectivity index (χ3n) is 3.86. The second-order valence-electron chi connectivity index (χ2n) is 5.62. The van der Waals surface area contributed by atoms with Crippen LogP contribution in [-0.4, -0.2) is 34.2 Å². The molecule has 0 amide bonds. The number of aromatic nitrogens is 3. The molecular weight excluding hydrogens is 362 g/mol. The highest BCUT2D eigenvalue weighted by Crippen LogP contribution is 2.20. The van der Waals surface area contributed by atoms with Crippen molar-refractivity contribution in [3.05, 3.63) is 60.4 Å². The van der Waals surface area contributed by atoms with Crippen molar-refractivity contribution < 1.29 is 14.2 Å². The molecule has 0 aliphatic heterocycles. The Bertz CT molecular complexity index is 822. The van der Waals surface area contributed by atoms with Crippen LogP contribution in [0.5, 0.6) is 17.2 Å². The topological polar surface area (TPSA) is 58.4 Å². The van der Waals surface area contributed by atoms with Gasteiger partial charge in [-0.2, -0.15) is 0 Å². The molecule has 0 atom stereocenters. The fraction of sp³-hybridized carbons (Fsp3) is 0.300. The van der Waals surface area contributed by atoms with Gasteiger partial charge in [0.25, 0.3) is 0 Å². The molecule has 6 nitrogen and oxygen atoms in total. The van der Waals surface area contributed by atoms with Crippen LogP contribution in [0.4, 0.5) is 0 Å². The van der Waals surface area contributed by atoms with Crippen molar-refractivity contribution in [1.29, 1.82) is 0 Å². The molecule has 0 bridgehead atoms. The molecule has 3 rings (SSSR count). The van der Waals surface area contributed by atoms with Crippen LogP contribution >= 0.6 is 11.8 Å². The lowest BCUT2D eigenvalue weighted by molar-refractivity contribution is 0.288. The molecule has 0 aliphatic rings. The summed E-state index contributed by atoms with van der Waals surface area (Å²) in [5.41, 5.74) is 0. The predicted octanol–water partition coefficient (Wildman–Crippen LogP) is 4.06. The summed E-state index contributed by atoms with van der Waals surface area (Å²) < 4.78 is 18.7. The molecular formula is C20H23N3O3S. The number of rotatable bonds is 10. The van der Waals surface area contributed by atoms with E-state index in [4.69, 9.17) is 14.2 Å². The van der Waals surface area contributed by atoms with Gasteiger partial charge in [0.05, 0.1) is 13.7 Å². The number of benzene rings is 2. The third kappa shape index (κ3) is 5.40. The summed E-state index contributed by atoms with van der Waals surface area (Å²) in [6.07, 6.45) is 0. The maximum Gasteiger partial charge on any atom is 0.191 e. The fourth-order valence-electron chi connectivity index (χ4n) is 2.48. The molecule has 0 N–H and O–H groups in total. The summed E-state index contributed by atoms with van der Waals surface area (Å²) >= 11 is 1.63. The Morgan fingerprint density at radius 2 is 1.59 bits per heavy atom. The highest BCUT2D eigenvalue weighted by molar-refractivity contribution is 7.99. The van der Waals surface area contributed by atoms with Gasteiger partial charge in [-0.3, -0.25) is 0 Å². The predicted molar refractivity (Wildman–Crippen MR) is 106 cm³/mol. The van der Waals surface area contributed by atoms with Gasteiger partial charge >= 0.3 is 0 Å². The van der Waals surface area contributed by atoms with E-state index in [9.17, 15) is 0 Å². The first-order chi connectivity index (χ1) is 13.3. The minimum Gasteiger partial charge on any atom is -0.497 e. The number of para-hydroxylation sites is 1. The summed E-state index contributed by atoms with van der Waals surface area (Å²) in [6, 6.07) is 17.3. The number of ether oxygens (including phenoxy) is 3. The van der Waals surface area contributed by atoms with Crippen molar-refractivity contribution in [1.82, 2.24) is 14.8 Å². The van der Waals surface area contributed by atoms with E-state index in [-0.39, 0.29) is 0 Å². The quantitative estimate of drug-likeness (QED) is 0.387. The van der Waals surface area contributed by atoms with E-state index < -0.39 is 0 Å². The highest BCUT2D eigenvalue weighted by Gasteiger charge is 2.12. The van der Waals surface area contributed by atoms with E-state index in [1.807, 2.05) is 54.6 Å². The number of nitrogens with zero attached hydrogens (tertiary/aromatic N) is 3. The van der Waals surface area contributed by atoms with E-state index >= 15 is 0 Å². The molecule has 1 aromatic heterocycles. The van der Waals surface area contributed by atoms with Crippen LogP contribution in [0.25, 0.3) is 0 Å². The number of hydrogen-bond donors (Lipinski definition) is 0. The van der Waals surface area contributed by atoms with Gasteiger partial charge in [-0.05, 0) is 43.3 Å². The molecule has 0 unspecified atom stereocenters. The number of methoxy groups -OCH3 is 1. The van der Waals surface area contributed by atoms with Gasteiger partial charge in [-0.15, -0.1) is 10.2 Å². The van der Waals surface area contributed by atoms with Crippen molar-refractivity contribution in [3.63, 3.8) is 0 Å². The second-order valence-corrected chi connectivity index (χ2v) is 6.68. The van der Waals surface area contributed by atoms with Crippen LogP contribution in [-0.2, 0) is 13.2 Å². The minimum absolute atomic E-state index is 0.397. The Morgan fingerprint density at radius 3 is 2.30 bits per heavy atom. The monoisotopic (exact) mass is 385 g/mol. The fourth-order valence-corrected chi connectivity index (χ4v) is 3.32. The average Bonchev–Trinajstić information content (AvgIpc) is 3.12. The molecule has 0 radical (unpaired) electrons. The highest BCUT2D eigenvalue weighted by atomic mass is 32.2. The lowest BCUT2D eigenvalue weighted by Gasteiger charge is -2.09. The number of thioether (sulfide) groups is 1. The Labute approximate surface area is 163 Å². The average molecular weight is 385 g/mol. The molecule has 0 saturated heterocycles. The Morgan fingerprint density at radius 1 is 0.889 bits per heavy atom. The normalized spacial score (nSPS) is 10.6. The summed E-state index contributed by atoms with van der Waals surface area (Å²) in [4.78, 5) is 0. The summed E-state index contributed by atoms with van der Waals surface area (Å²) in [5, 5.41) is 9.44. The minimum atomic E-state index is 0.397. The van der Waals surface area contributed by atoms with E-state index in [0.29, 0.717) is 13.2 Å². The van der Waals surface area contributed by atoms with Gasteiger partial charge in [0.1, 0.15) is 23.9 Å². The summed E-state index contributed by atoms with van der Waals surface area (Å²) in [6.45, 7) is 3.85. The van der Waals surface area contributed by atoms with Gasteiger partial charge < -0.3 is 18.8 Å². The largest absolute Gasteiger partial charge is 0.497 e. The second kappa shape index (κ2) is 9.87. The third-order valence-corrected chi connectivity index (χ3v) is 4.79. The summed E-state index contributed by atoms with van der Waals surface area (Å²) in [7, 11) is 1.65. The lowest BCUT2D eigenvalue weighted by Crippen LogP contribution is -2.08. The molecule has 0 aliphatic carbocycles. The molecule has 0 spiro atoms. The lowest BCUT2D eigenvalue weighted by atomic mass is 10.3. The van der Waals surface area contributed by atoms with Gasteiger partial charge in [-0.1, -0.05) is 30.0 Å². The molecule has 0 saturated carbocycles. The maximum atomic E-state index is 5.78. The molecule has 142 valence electrons. The molecule has 1 heterocycles. The molecule has 7 heteroatoms. The maximum absolute atomic E-state index is 5.78. The first-order valence-electron chi connectivity index (χ1n) is 8.79. The zero-order valence-corrected chi connectivity index (χ0v) is 16.3. The van der Waals surface area contributed by atoms with Crippen LogP contribution in [0.2, 0.25) is 0 Å². The zero-order chi connectivity index (χ0) is 18.9. The smallest absolute Gasteiger partial charge is 0.191 e. The van der Waals surface area contributed by atoms with Crippen molar-refractivity contribution >= 4 is 11.8 Å². The van der Waals surface area contributed by atoms with E-state index in [1.165, 1.54) is 0 Å². The Balaban J connectivity index is 1.48. The summed E-state index contributed by atoms with van der Waals surface area (Å²) in [5.74, 6) is 4.07. The standard InChI is InChI=1S/C20H23N3O3S/c1-3-23-19(15-26-17-7-5-4-6-8-17)21-22-20(23)27-14-13-25-18-11-9-16(24-2)10-12-18/h4-12H,3,13-15H2,1-2H3. The number of hydrogen-bond acceptors (Lipinski definition) is 6. The first kappa shape index (κ1) is 19.1. The van der Waals surface area contributed by atoms with E-state index in [1.54, 1.807) is 18.9 Å². The van der Waals surface area contributed by atoms with Crippen molar-refractivity contribution in [2.24, 2.45) is 0 Å². The van der Waals surface area contributed by atoms with Crippen molar-refractivity contribution in [2.75, 3.05) is 19.5 Å². The molecule has 2 aromatic carbocycles. The Kier molecular flexibility index (Phi) is 6.98. The SMILES string of the molecule is CCn1c(COc2ccccc2)nnc1SCCOc1ccc(OC)cc1. The van der Waals surface area contributed by atoms with Gasteiger partial charge in [0, 0.05) is 12.3 Å². The van der Waals surface area contributed by atoms with Gasteiger partial charge in [0.2, 0.25) is 0 Å². The van der Waals surface area contributed by atoms with Crippen LogP contribution in [0.1, 0.15) is 12.7 Å². The first-order valence-corrected chi connectivity index (χ1v) is 9.78. The van der Waals surface area contributed by atoms with Crippen LogP contribution in [0.15, 0.2) is 59.8 Å². The van der Waals surface area contributed by atoms with Crippen LogP contribution in [0, 0.1) is 0 Å². The van der Waals surface area contributed by atoms with Gasteiger partial charge in [-0.25, -0.2) is 0 Å². The van der Waals surface area contributed by atoms with E-state index in [2.05, 4.69) is 21.7 Å². The van der Waals surface area contributed by atoms with Crippen LogP contribution in [0.3, 0.4) is 0 Å². The molecule has 27 heavy (non-hydrogen) atoms. The van der Waals surface area contributed by atoms with Gasteiger partial charge in [0.15, 0.2) is 11.0 Å². The van der Waals surface area contributed by atoms with Crippen molar-refractivity contribution in [3.8, 4) is 17.2 Å². The van der Waals surface area contributed by atoms with Crippen molar-refractivity contribution in [2.45, 2.75) is 25.2 Å². The zero-order valence-electron chi connectivity index (χ0n) is 15.5. The molecule has 0 fully saturated rings. The molecule has 3 aromatic rings. The Hall–Kier alpha value is -2.67.